The minimum Gasteiger partial charge on any atom is -0.395 e. The van der Waals surface area contributed by atoms with Crippen LogP contribution in [0.5, 0.6) is 11.5 Å². The van der Waals surface area contributed by atoms with E-state index in [0.29, 0.717) is 0 Å². The molecule has 0 aromatic heterocycles. The average Bonchev–Trinajstić information content (AvgIpc) is 2.92. The highest BCUT2D eigenvalue weighted by molar-refractivity contribution is 6.21. The Labute approximate surface area is 124 Å². The van der Waals surface area contributed by atoms with Gasteiger partial charge >= 0.3 is 12.3 Å². The number of alkyl halides is 2. The molecule has 1 saturated heterocycles. The monoisotopic (exact) mass is 310 g/mol. The van der Waals surface area contributed by atoms with Gasteiger partial charge in [-0.3, -0.25) is 4.79 Å². The molecular formula is C14H12F2N2O4. The van der Waals surface area contributed by atoms with Gasteiger partial charge in [0, 0.05) is 12.0 Å². The Hall–Kier alpha value is -2.64. The van der Waals surface area contributed by atoms with E-state index in [1.807, 2.05) is 0 Å². The van der Waals surface area contributed by atoms with Crippen molar-refractivity contribution < 1.29 is 27.8 Å². The number of amides is 3. The number of urea groups is 1. The molecule has 1 fully saturated rings. The molecule has 1 aromatic rings. The van der Waals surface area contributed by atoms with E-state index in [2.05, 4.69) is 21.4 Å². The van der Waals surface area contributed by atoms with Crippen LogP contribution >= 0.6 is 0 Å². The van der Waals surface area contributed by atoms with Gasteiger partial charge in [0.05, 0.1) is 5.69 Å². The van der Waals surface area contributed by atoms with Crippen molar-refractivity contribution in [3.63, 3.8) is 0 Å². The molecule has 1 aromatic carbocycles. The Bertz CT molecular complexity index is 677. The van der Waals surface area contributed by atoms with Crippen LogP contribution in [0.1, 0.15) is 6.92 Å². The minimum atomic E-state index is -3.75. The van der Waals surface area contributed by atoms with Gasteiger partial charge in [-0.2, -0.15) is 0 Å². The summed E-state index contributed by atoms with van der Waals surface area (Å²) < 4.78 is 34.6. The predicted octanol–water partition coefficient (Wildman–Crippen LogP) is 2.25. The molecule has 22 heavy (non-hydrogen) atoms. The summed E-state index contributed by atoms with van der Waals surface area (Å²) in [4.78, 5) is 25.2. The predicted molar refractivity (Wildman–Crippen MR) is 71.8 cm³/mol. The highest BCUT2D eigenvalue weighted by atomic mass is 19.3. The van der Waals surface area contributed by atoms with Crippen LogP contribution in [-0.2, 0) is 4.79 Å². The molecule has 2 heterocycles. The summed E-state index contributed by atoms with van der Waals surface area (Å²) in [6.45, 7) is 5.32. The molecule has 8 heteroatoms. The van der Waals surface area contributed by atoms with Gasteiger partial charge in [-0.15, -0.1) is 15.4 Å². The van der Waals surface area contributed by atoms with Crippen molar-refractivity contribution in [1.82, 2.24) is 5.32 Å². The fourth-order valence-corrected chi connectivity index (χ4v) is 2.31. The van der Waals surface area contributed by atoms with Crippen LogP contribution in [0.15, 0.2) is 30.9 Å². The van der Waals surface area contributed by atoms with Crippen molar-refractivity contribution in [3.8, 4) is 11.5 Å². The second kappa shape index (κ2) is 4.69. The zero-order valence-corrected chi connectivity index (χ0v) is 11.5. The number of rotatable bonds is 3. The molecule has 3 rings (SSSR count). The number of hydrogen-bond acceptors (Lipinski definition) is 4. The third-order valence-electron chi connectivity index (χ3n) is 3.51. The van der Waals surface area contributed by atoms with Crippen LogP contribution in [0.2, 0.25) is 0 Å². The maximum Gasteiger partial charge on any atom is 0.586 e. The van der Waals surface area contributed by atoms with Gasteiger partial charge in [-0.1, -0.05) is 13.0 Å². The first-order chi connectivity index (χ1) is 10.3. The smallest absolute Gasteiger partial charge is 0.395 e. The number of carbonyl (C=O) groups excluding carboxylic acids is 2. The van der Waals surface area contributed by atoms with Crippen LogP contribution in [0, 0.1) is 5.92 Å². The molecule has 3 amide bonds. The normalized spacial score (nSPS) is 23.4. The van der Waals surface area contributed by atoms with E-state index in [0.717, 1.165) is 11.0 Å². The van der Waals surface area contributed by atoms with Crippen molar-refractivity contribution in [3.05, 3.63) is 30.9 Å². The number of benzene rings is 1. The number of carbonyl (C=O) groups is 2. The largest absolute Gasteiger partial charge is 0.586 e. The van der Waals surface area contributed by atoms with Crippen LogP contribution in [0.25, 0.3) is 0 Å². The number of fused-ring (bicyclic) bond motifs is 1. The Kier molecular flexibility index (Phi) is 3.05. The Morgan fingerprint density at radius 1 is 1.36 bits per heavy atom. The molecule has 6 nitrogen and oxygen atoms in total. The van der Waals surface area contributed by atoms with Gasteiger partial charge in [0.2, 0.25) is 0 Å². The lowest BCUT2D eigenvalue weighted by Gasteiger charge is -2.15. The van der Waals surface area contributed by atoms with E-state index in [9.17, 15) is 18.4 Å². The lowest BCUT2D eigenvalue weighted by Crippen LogP contribution is -2.35. The number of anilines is 1. The Balaban J connectivity index is 1.91. The topological polar surface area (TPSA) is 67.9 Å². The lowest BCUT2D eigenvalue weighted by molar-refractivity contribution is -0.286. The van der Waals surface area contributed by atoms with Crippen molar-refractivity contribution in [2.75, 3.05) is 4.90 Å². The number of hydrogen-bond donors (Lipinski definition) is 1. The fraction of sp³-hybridized carbons (Fsp3) is 0.286. The van der Waals surface area contributed by atoms with E-state index in [-0.39, 0.29) is 23.1 Å². The molecule has 2 aliphatic heterocycles. The number of nitrogens with zero attached hydrogens (tertiary/aromatic N) is 1. The number of nitrogens with one attached hydrogen (secondary N) is 1. The van der Waals surface area contributed by atoms with Crippen LogP contribution in [0.3, 0.4) is 0 Å². The highest BCUT2D eigenvalue weighted by Gasteiger charge is 2.45. The fourth-order valence-electron chi connectivity index (χ4n) is 2.31. The molecule has 0 saturated carbocycles. The zero-order valence-electron chi connectivity index (χ0n) is 11.5. The van der Waals surface area contributed by atoms with Crippen LogP contribution < -0.4 is 19.7 Å². The SMILES string of the molecule is C=CC(C)C1NC(=O)N(c2ccc3c(c2)OC(F)(F)O3)C1=O. The van der Waals surface area contributed by atoms with E-state index in [4.69, 9.17) is 0 Å². The maximum atomic E-state index is 13.0. The van der Waals surface area contributed by atoms with Gasteiger partial charge in [0.1, 0.15) is 6.04 Å². The molecule has 2 aliphatic rings. The summed E-state index contributed by atoms with van der Waals surface area (Å²) in [6.07, 6.45) is -2.20. The lowest BCUT2D eigenvalue weighted by atomic mass is 10.0. The number of halogens is 2. The first-order valence-corrected chi connectivity index (χ1v) is 6.49. The second-order valence-corrected chi connectivity index (χ2v) is 4.99. The first-order valence-electron chi connectivity index (χ1n) is 6.49. The van der Waals surface area contributed by atoms with Crippen molar-refractivity contribution in [1.29, 1.82) is 0 Å². The standard InChI is InChI=1S/C14H12F2N2O4/c1-3-7(2)11-12(19)18(13(20)17-11)8-4-5-9-10(6-8)22-14(15,16)21-9/h3-7,11H,1H2,2H3,(H,17,20). The molecular weight excluding hydrogens is 298 g/mol. The van der Waals surface area contributed by atoms with Gasteiger partial charge in [0.25, 0.3) is 5.91 Å². The summed E-state index contributed by atoms with van der Waals surface area (Å²) in [5.41, 5.74) is 0.126. The third-order valence-corrected chi connectivity index (χ3v) is 3.51. The zero-order chi connectivity index (χ0) is 16.1. The quantitative estimate of drug-likeness (QED) is 0.687. The molecule has 2 atom stereocenters. The molecule has 0 radical (unpaired) electrons. The van der Waals surface area contributed by atoms with Gasteiger partial charge in [-0.05, 0) is 12.1 Å². The summed E-state index contributed by atoms with van der Waals surface area (Å²) in [5, 5.41) is 2.53. The Morgan fingerprint density at radius 2 is 2.05 bits per heavy atom. The number of imide groups is 1. The van der Waals surface area contributed by atoms with E-state index in [1.54, 1.807) is 13.0 Å². The second-order valence-electron chi connectivity index (χ2n) is 4.99. The van der Waals surface area contributed by atoms with Crippen molar-refractivity contribution >= 4 is 17.6 Å². The molecule has 116 valence electrons. The van der Waals surface area contributed by atoms with Crippen LogP contribution in [0.4, 0.5) is 19.3 Å². The molecule has 0 bridgehead atoms. The summed E-state index contributed by atoms with van der Waals surface area (Å²) in [5.74, 6) is -1.14. The van der Waals surface area contributed by atoms with Gasteiger partial charge in [-0.25, -0.2) is 9.69 Å². The van der Waals surface area contributed by atoms with E-state index < -0.39 is 24.3 Å². The Morgan fingerprint density at radius 3 is 2.73 bits per heavy atom. The average molecular weight is 310 g/mol. The number of ether oxygens (including phenoxy) is 2. The molecule has 0 aliphatic carbocycles. The van der Waals surface area contributed by atoms with Crippen molar-refractivity contribution in [2.45, 2.75) is 19.3 Å². The summed E-state index contributed by atoms with van der Waals surface area (Å²) in [7, 11) is 0. The van der Waals surface area contributed by atoms with Gasteiger partial charge in [0.15, 0.2) is 11.5 Å². The van der Waals surface area contributed by atoms with Crippen molar-refractivity contribution in [2.24, 2.45) is 5.92 Å². The van der Waals surface area contributed by atoms with Crippen LogP contribution in [-0.4, -0.2) is 24.3 Å². The van der Waals surface area contributed by atoms with E-state index in [1.165, 1.54) is 12.1 Å². The first kappa shape index (κ1) is 14.3. The summed E-state index contributed by atoms with van der Waals surface area (Å²) in [6, 6.07) is 2.35. The highest BCUT2D eigenvalue weighted by Crippen LogP contribution is 2.43. The minimum absolute atomic E-state index is 0.126. The molecule has 2 unspecified atom stereocenters. The molecule has 1 N–H and O–H groups in total. The maximum absolute atomic E-state index is 13.0. The summed E-state index contributed by atoms with van der Waals surface area (Å²) >= 11 is 0. The molecule has 0 spiro atoms. The van der Waals surface area contributed by atoms with Gasteiger partial charge < -0.3 is 14.8 Å². The third kappa shape index (κ3) is 2.16. The van der Waals surface area contributed by atoms with E-state index >= 15 is 0 Å².